The van der Waals surface area contributed by atoms with Crippen LogP contribution in [-0.4, -0.2) is 58.4 Å². The monoisotopic (exact) mass is 362 g/mol. The molecule has 1 unspecified atom stereocenters. The summed E-state index contributed by atoms with van der Waals surface area (Å²) in [6.45, 7) is 2.27. The fraction of sp³-hybridized carbons (Fsp3) is 0.286. The molecule has 3 heterocycles. The van der Waals surface area contributed by atoms with E-state index >= 15 is 0 Å². The average molecular weight is 362 g/mol. The Morgan fingerprint density at radius 2 is 2.04 bits per heavy atom. The number of hydrogen-bond acceptors (Lipinski definition) is 4. The minimum atomic E-state index is -0.280. The number of carbonyl (C=O) groups is 1. The van der Waals surface area contributed by atoms with Crippen molar-refractivity contribution in [3.63, 3.8) is 0 Å². The largest absolute Gasteiger partial charge is 0.331 e. The van der Waals surface area contributed by atoms with Crippen molar-refractivity contribution in [3.05, 3.63) is 76.5 Å². The van der Waals surface area contributed by atoms with Crippen LogP contribution in [0.5, 0.6) is 0 Å². The fourth-order valence-electron chi connectivity index (χ4n) is 3.71. The SMILES string of the molecule is CN1CCN(C(=O)c2cc3ccncc3c(=O)[nH]2)C(Cc2ccccc2)C1. The lowest BCUT2D eigenvalue weighted by Gasteiger charge is -2.40. The lowest BCUT2D eigenvalue weighted by atomic mass is 10.0. The van der Waals surface area contributed by atoms with E-state index in [2.05, 4.69) is 34.0 Å². The molecule has 1 aliphatic rings. The molecular weight excluding hydrogens is 340 g/mol. The van der Waals surface area contributed by atoms with E-state index in [1.165, 1.54) is 11.8 Å². The summed E-state index contributed by atoms with van der Waals surface area (Å²) in [6, 6.07) is 13.8. The summed E-state index contributed by atoms with van der Waals surface area (Å²) >= 11 is 0. The van der Waals surface area contributed by atoms with Crippen LogP contribution in [0.1, 0.15) is 16.1 Å². The van der Waals surface area contributed by atoms with Crippen molar-refractivity contribution < 1.29 is 4.79 Å². The Morgan fingerprint density at radius 1 is 1.22 bits per heavy atom. The van der Waals surface area contributed by atoms with Gasteiger partial charge in [-0.3, -0.25) is 14.6 Å². The maximum Gasteiger partial charge on any atom is 0.270 e. The summed E-state index contributed by atoms with van der Waals surface area (Å²) in [6.07, 6.45) is 3.94. The van der Waals surface area contributed by atoms with Crippen molar-refractivity contribution in [2.45, 2.75) is 12.5 Å². The van der Waals surface area contributed by atoms with E-state index < -0.39 is 0 Å². The van der Waals surface area contributed by atoms with Gasteiger partial charge in [0, 0.05) is 38.1 Å². The number of nitrogens with one attached hydrogen (secondary N) is 1. The smallest absolute Gasteiger partial charge is 0.270 e. The molecule has 0 aliphatic carbocycles. The van der Waals surface area contributed by atoms with E-state index in [1.807, 2.05) is 23.1 Å². The van der Waals surface area contributed by atoms with Crippen LogP contribution < -0.4 is 5.56 Å². The molecule has 6 nitrogen and oxygen atoms in total. The van der Waals surface area contributed by atoms with Crippen LogP contribution in [0.3, 0.4) is 0 Å². The molecule has 0 saturated carbocycles. The highest BCUT2D eigenvalue weighted by atomic mass is 16.2. The summed E-state index contributed by atoms with van der Waals surface area (Å²) < 4.78 is 0. The molecule has 3 aromatic rings. The third-order valence-corrected chi connectivity index (χ3v) is 5.14. The van der Waals surface area contributed by atoms with Crippen molar-refractivity contribution in [2.24, 2.45) is 0 Å². The number of H-pyrrole nitrogens is 1. The lowest BCUT2D eigenvalue weighted by molar-refractivity contribution is 0.0495. The van der Waals surface area contributed by atoms with Crippen molar-refractivity contribution in [2.75, 3.05) is 26.7 Å². The van der Waals surface area contributed by atoms with Crippen molar-refractivity contribution in [1.82, 2.24) is 19.8 Å². The maximum absolute atomic E-state index is 13.2. The van der Waals surface area contributed by atoms with Gasteiger partial charge in [0.25, 0.3) is 11.5 Å². The van der Waals surface area contributed by atoms with Gasteiger partial charge in [0.2, 0.25) is 0 Å². The number of hydrogen-bond donors (Lipinski definition) is 1. The van der Waals surface area contributed by atoms with Gasteiger partial charge in [-0.1, -0.05) is 30.3 Å². The molecule has 1 aliphatic heterocycles. The van der Waals surface area contributed by atoms with Gasteiger partial charge in [-0.25, -0.2) is 0 Å². The molecule has 1 aromatic carbocycles. The van der Waals surface area contributed by atoms with E-state index in [4.69, 9.17) is 0 Å². The van der Waals surface area contributed by atoms with E-state index in [1.54, 1.807) is 18.3 Å². The van der Waals surface area contributed by atoms with Gasteiger partial charge >= 0.3 is 0 Å². The zero-order valence-corrected chi connectivity index (χ0v) is 15.3. The molecule has 4 rings (SSSR count). The van der Waals surface area contributed by atoms with Crippen LogP contribution in [0.4, 0.5) is 0 Å². The van der Waals surface area contributed by atoms with Crippen LogP contribution in [-0.2, 0) is 6.42 Å². The van der Waals surface area contributed by atoms with E-state index in [-0.39, 0.29) is 17.5 Å². The highest BCUT2D eigenvalue weighted by Crippen LogP contribution is 2.18. The number of fused-ring (bicyclic) bond motifs is 1. The van der Waals surface area contributed by atoms with Gasteiger partial charge in [-0.15, -0.1) is 0 Å². The minimum absolute atomic E-state index is 0.0651. The van der Waals surface area contributed by atoms with Crippen molar-refractivity contribution >= 4 is 16.7 Å². The second kappa shape index (κ2) is 7.32. The molecule has 0 spiro atoms. The predicted octanol–water partition coefficient (Wildman–Crippen LogP) is 1.92. The van der Waals surface area contributed by atoms with E-state index in [0.717, 1.165) is 24.9 Å². The molecule has 27 heavy (non-hydrogen) atoms. The molecule has 138 valence electrons. The standard InChI is InChI=1S/C21H22N4O2/c1-24-9-10-25(17(14-24)11-15-5-3-2-4-6-15)21(27)19-12-16-7-8-22-13-18(16)20(26)23-19/h2-8,12-13,17H,9-11,14H2,1H3,(H,23,26). The highest BCUT2D eigenvalue weighted by Gasteiger charge is 2.30. The Labute approximate surface area is 157 Å². The average Bonchev–Trinajstić information content (AvgIpc) is 2.68. The fourth-order valence-corrected chi connectivity index (χ4v) is 3.71. The molecular formula is C21H22N4O2. The van der Waals surface area contributed by atoms with Gasteiger partial charge in [0.1, 0.15) is 5.69 Å². The van der Waals surface area contributed by atoms with Gasteiger partial charge in [-0.2, -0.15) is 0 Å². The van der Waals surface area contributed by atoms with Gasteiger partial charge in [-0.05, 0) is 36.6 Å². The Morgan fingerprint density at radius 3 is 2.85 bits per heavy atom. The van der Waals surface area contributed by atoms with Gasteiger partial charge < -0.3 is 14.8 Å². The van der Waals surface area contributed by atoms with Gasteiger partial charge in [0.05, 0.1) is 5.39 Å². The van der Waals surface area contributed by atoms with Crippen LogP contribution >= 0.6 is 0 Å². The molecule has 1 saturated heterocycles. The normalized spacial score (nSPS) is 18.0. The van der Waals surface area contributed by atoms with Gasteiger partial charge in [0.15, 0.2) is 0 Å². The Kier molecular flexibility index (Phi) is 4.73. The summed E-state index contributed by atoms with van der Waals surface area (Å²) in [5, 5.41) is 1.22. The number of benzene rings is 1. The molecule has 6 heteroatoms. The molecule has 1 amide bonds. The number of pyridine rings is 2. The van der Waals surface area contributed by atoms with Crippen molar-refractivity contribution in [1.29, 1.82) is 0 Å². The van der Waals surface area contributed by atoms with E-state index in [0.29, 0.717) is 17.6 Å². The molecule has 0 bridgehead atoms. The third-order valence-electron chi connectivity index (χ3n) is 5.14. The lowest BCUT2D eigenvalue weighted by Crippen LogP contribution is -2.55. The number of nitrogens with zero attached hydrogens (tertiary/aromatic N) is 3. The van der Waals surface area contributed by atoms with Crippen LogP contribution in [0, 0.1) is 0 Å². The number of piperazine rings is 1. The quantitative estimate of drug-likeness (QED) is 0.773. The molecule has 1 fully saturated rings. The number of amides is 1. The Balaban J connectivity index is 1.65. The molecule has 1 atom stereocenters. The minimum Gasteiger partial charge on any atom is -0.331 e. The molecule has 1 N–H and O–H groups in total. The summed E-state index contributed by atoms with van der Waals surface area (Å²) in [5.41, 5.74) is 1.26. The first-order valence-corrected chi connectivity index (χ1v) is 9.12. The zero-order chi connectivity index (χ0) is 18.8. The van der Waals surface area contributed by atoms with Crippen molar-refractivity contribution in [3.8, 4) is 0 Å². The highest BCUT2D eigenvalue weighted by molar-refractivity contribution is 5.96. The third kappa shape index (κ3) is 3.61. The van der Waals surface area contributed by atoms with E-state index in [9.17, 15) is 9.59 Å². The summed E-state index contributed by atoms with van der Waals surface area (Å²) in [4.78, 5) is 36.4. The number of carbonyl (C=O) groups excluding carboxylic acids is 1. The van der Waals surface area contributed by atoms with Crippen LogP contribution in [0.2, 0.25) is 0 Å². The molecule has 0 radical (unpaired) electrons. The number of aromatic amines is 1. The summed E-state index contributed by atoms with van der Waals surface area (Å²) in [7, 11) is 2.07. The first-order valence-electron chi connectivity index (χ1n) is 9.12. The topological polar surface area (TPSA) is 69.3 Å². The first kappa shape index (κ1) is 17.4. The number of likely N-dealkylation sites (N-methyl/N-ethyl adjacent to an activating group) is 1. The summed E-state index contributed by atoms with van der Waals surface area (Å²) in [5.74, 6) is -0.125. The Hall–Kier alpha value is -2.99. The predicted molar refractivity (Wildman–Crippen MR) is 105 cm³/mol. The first-order chi connectivity index (χ1) is 13.1. The number of rotatable bonds is 3. The van der Waals surface area contributed by atoms with Crippen LogP contribution in [0.25, 0.3) is 10.8 Å². The second-order valence-electron chi connectivity index (χ2n) is 7.08. The zero-order valence-electron chi connectivity index (χ0n) is 15.3. The van der Waals surface area contributed by atoms with Crippen LogP contribution in [0.15, 0.2) is 59.7 Å². The molecule has 2 aromatic heterocycles. The number of aromatic nitrogens is 2. The Bertz CT molecular complexity index is 1020. The maximum atomic E-state index is 13.2. The second-order valence-corrected chi connectivity index (χ2v) is 7.08.